The first-order valence-corrected chi connectivity index (χ1v) is 23.6. The molecule has 0 spiro atoms. The van der Waals surface area contributed by atoms with Crippen LogP contribution in [0.1, 0.15) is 54.0 Å². The molecule has 0 aliphatic carbocycles. The van der Waals surface area contributed by atoms with Crippen molar-refractivity contribution in [3.63, 3.8) is 0 Å². The van der Waals surface area contributed by atoms with Gasteiger partial charge in [-0.3, -0.25) is 4.79 Å². The Morgan fingerprint density at radius 3 is 1.67 bits per heavy atom. The van der Waals surface area contributed by atoms with E-state index in [2.05, 4.69) is 30.3 Å². The number of rotatable bonds is 26. The fourth-order valence-corrected chi connectivity index (χ4v) is 8.05. The van der Waals surface area contributed by atoms with Gasteiger partial charge in [-0.15, -0.1) is 0 Å². The van der Waals surface area contributed by atoms with Crippen LogP contribution < -0.4 is 0 Å². The van der Waals surface area contributed by atoms with Crippen LogP contribution in [0.4, 0.5) is 4.79 Å². The molecule has 1 aliphatic heterocycles. The minimum absolute atomic E-state index is 0.00740. The first kappa shape index (κ1) is 50.6. The monoisotopic (exact) mass is 937 g/mol. The van der Waals surface area contributed by atoms with E-state index in [4.69, 9.17) is 37.9 Å². The van der Waals surface area contributed by atoms with Crippen LogP contribution in [-0.4, -0.2) is 93.0 Å². The van der Waals surface area contributed by atoms with Gasteiger partial charge in [-0.05, 0) is 64.4 Å². The second-order valence-corrected chi connectivity index (χ2v) is 17.4. The molecule has 12 nitrogen and oxygen atoms in total. The summed E-state index contributed by atoms with van der Waals surface area (Å²) < 4.78 is 52.6. The Labute approximate surface area is 405 Å². The number of carbonyl (C=O) groups excluding carboxylic acids is 3. The number of hydrogen-bond acceptors (Lipinski definition) is 11. The molecule has 0 bridgehead atoms. The predicted octanol–water partition coefficient (Wildman–Crippen LogP) is 9.83. The van der Waals surface area contributed by atoms with Crippen LogP contribution in [0.25, 0.3) is 10.8 Å². The maximum absolute atomic E-state index is 13.4. The number of aryl methyl sites for hydroxylation is 1. The zero-order chi connectivity index (χ0) is 48.2. The molecule has 0 radical (unpaired) electrons. The second-order valence-electron chi connectivity index (χ2n) is 17.4. The highest BCUT2D eigenvalue weighted by molar-refractivity contribution is 5.83. The van der Waals surface area contributed by atoms with Crippen molar-refractivity contribution in [2.75, 3.05) is 27.3 Å². The van der Waals surface area contributed by atoms with Crippen molar-refractivity contribution in [3.05, 3.63) is 192 Å². The van der Waals surface area contributed by atoms with E-state index < -0.39 is 55.0 Å². The zero-order valence-electron chi connectivity index (χ0n) is 39.6. The van der Waals surface area contributed by atoms with Gasteiger partial charge >= 0.3 is 12.1 Å². The van der Waals surface area contributed by atoms with Gasteiger partial charge in [0.25, 0.3) is 0 Å². The molecule has 0 N–H and O–H groups in total. The second kappa shape index (κ2) is 26.5. The Hall–Kier alpha value is -6.25. The van der Waals surface area contributed by atoms with Gasteiger partial charge in [-0.25, -0.2) is 4.79 Å². The van der Waals surface area contributed by atoms with Crippen LogP contribution in [0, 0.1) is 0 Å². The van der Waals surface area contributed by atoms with E-state index in [1.165, 1.54) is 11.8 Å². The quantitative estimate of drug-likeness (QED) is 0.0482. The minimum atomic E-state index is -1.20. The number of benzene rings is 6. The molecular weight excluding hydrogens is 875 g/mol. The third-order valence-electron chi connectivity index (χ3n) is 11.8. The molecule has 6 aromatic rings. The maximum Gasteiger partial charge on any atom is 0.409 e. The average molecular weight is 938 g/mol. The smallest absolute Gasteiger partial charge is 0.409 e. The van der Waals surface area contributed by atoms with Gasteiger partial charge in [0, 0.05) is 20.5 Å². The summed E-state index contributed by atoms with van der Waals surface area (Å²) >= 11 is 0. The van der Waals surface area contributed by atoms with Crippen LogP contribution in [0.2, 0.25) is 0 Å². The Balaban J connectivity index is 1.20. The number of ketones is 1. The van der Waals surface area contributed by atoms with Gasteiger partial charge in [0.2, 0.25) is 0 Å². The lowest BCUT2D eigenvalue weighted by molar-refractivity contribution is -0.217. The van der Waals surface area contributed by atoms with Crippen molar-refractivity contribution in [2.24, 2.45) is 0 Å². The fourth-order valence-electron chi connectivity index (χ4n) is 8.05. The molecule has 7 atom stereocenters. The summed E-state index contributed by atoms with van der Waals surface area (Å²) in [4.78, 5) is 39.9. The Bertz CT molecular complexity index is 2470. The number of hydrogen-bond donors (Lipinski definition) is 0. The largest absolute Gasteiger partial charge is 0.455 e. The van der Waals surface area contributed by atoms with Crippen LogP contribution in [0.15, 0.2) is 164 Å². The SMILES string of the molecule is CC(=O)CCC(=O)OC1C(CCc2ccccc2)OC(OCC(OCc2ccccc2)C(OCc2ccccc2)C(COCc2ccc3ccccc3c2)OCc2ccccc2)C1OC(=O)N(C)C. The van der Waals surface area contributed by atoms with Gasteiger partial charge in [0.05, 0.1) is 46.1 Å². The van der Waals surface area contributed by atoms with E-state index in [1.54, 1.807) is 14.1 Å². The molecule has 1 saturated heterocycles. The van der Waals surface area contributed by atoms with Crippen LogP contribution in [-0.2, 0) is 80.3 Å². The number of Topliss-reactive ketones (excluding diaryl/α,β-unsaturated/α-hetero) is 1. The van der Waals surface area contributed by atoms with Crippen molar-refractivity contribution in [2.45, 2.75) is 102 Å². The number of esters is 1. The van der Waals surface area contributed by atoms with Crippen molar-refractivity contribution < 1.29 is 52.3 Å². The Morgan fingerprint density at radius 2 is 1.09 bits per heavy atom. The number of ether oxygens (including phenoxy) is 8. The molecule has 12 heteroatoms. The molecule has 6 aromatic carbocycles. The molecule has 1 amide bonds. The summed E-state index contributed by atoms with van der Waals surface area (Å²) in [6, 6.07) is 53.9. The van der Waals surface area contributed by atoms with Crippen molar-refractivity contribution in [1.82, 2.24) is 4.90 Å². The van der Waals surface area contributed by atoms with E-state index >= 15 is 0 Å². The number of carbonyl (C=O) groups is 3. The van der Waals surface area contributed by atoms with Crippen LogP contribution in [0.5, 0.6) is 0 Å². The zero-order valence-corrected chi connectivity index (χ0v) is 39.6. The summed E-state index contributed by atoms with van der Waals surface area (Å²) in [6.07, 6.45) is -6.33. The Morgan fingerprint density at radius 1 is 0.551 bits per heavy atom. The lowest BCUT2D eigenvalue weighted by atomic mass is 10.0. The molecule has 1 fully saturated rings. The van der Waals surface area contributed by atoms with E-state index in [-0.39, 0.29) is 51.7 Å². The van der Waals surface area contributed by atoms with Gasteiger partial charge in [0.1, 0.15) is 30.2 Å². The van der Waals surface area contributed by atoms with Crippen LogP contribution >= 0.6 is 0 Å². The van der Waals surface area contributed by atoms with Crippen LogP contribution in [0.3, 0.4) is 0 Å². The van der Waals surface area contributed by atoms with Gasteiger partial charge in [-0.2, -0.15) is 0 Å². The third kappa shape index (κ3) is 15.9. The van der Waals surface area contributed by atoms with E-state index in [1.807, 2.05) is 133 Å². The molecule has 7 unspecified atom stereocenters. The van der Waals surface area contributed by atoms with Crippen molar-refractivity contribution in [1.29, 1.82) is 0 Å². The molecule has 69 heavy (non-hydrogen) atoms. The highest BCUT2D eigenvalue weighted by atomic mass is 16.7. The fraction of sp³-hybridized carbons (Fsp3) is 0.351. The highest BCUT2D eigenvalue weighted by Crippen LogP contribution is 2.33. The summed E-state index contributed by atoms with van der Waals surface area (Å²) in [7, 11) is 3.13. The lowest BCUT2D eigenvalue weighted by Gasteiger charge is -2.34. The Kier molecular flexibility index (Phi) is 19.4. The van der Waals surface area contributed by atoms with E-state index in [0.717, 1.165) is 38.6 Å². The molecule has 362 valence electrons. The summed E-state index contributed by atoms with van der Waals surface area (Å²) in [6.45, 7) is 2.42. The minimum Gasteiger partial charge on any atom is -0.455 e. The van der Waals surface area contributed by atoms with E-state index in [0.29, 0.717) is 19.4 Å². The predicted molar refractivity (Wildman–Crippen MR) is 262 cm³/mol. The molecule has 1 aliphatic rings. The summed E-state index contributed by atoms with van der Waals surface area (Å²) in [5.74, 6) is -0.765. The molecular formula is C57H63NO11. The standard InChI is InChI=1S/C57H63NO11/c1-41(59)28-33-52(60)68-54-49(32-30-42-18-8-4-9-19-42)67-56(55(54)69-57(61)58(2)3)66-40-51(64-37-44-22-12-6-13-23-44)53(65-38-45-24-14-7-15-25-45)50(63-36-43-20-10-5-11-21-43)39-62-35-46-29-31-47-26-16-17-27-48(47)34-46/h4-27,29,31,34,49-51,53-56H,28,30,32-33,35-40H2,1-3H3. The van der Waals surface area contributed by atoms with Crippen molar-refractivity contribution >= 4 is 28.6 Å². The van der Waals surface area contributed by atoms with Gasteiger partial charge in [-0.1, -0.05) is 158 Å². The molecule has 1 heterocycles. The van der Waals surface area contributed by atoms with Gasteiger partial charge in [0.15, 0.2) is 18.5 Å². The molecule has 0 aromatic heterocycles. The summed E-state index contributed by atoms with van der Waals surface area (Å²) in [5.41, 5.74) is 4.88. The highest BCUT2D eigenvalue weighted by Gasteiger charge is 2.51. The van der Waals surface area contributed by atoms with Crippen molar-refractivity contribution in [3.8, 4) is 0 Å². The molecule has 7 rings (SSSR count). The normalized spacial score (nSPS) is 18.0. The lowest BCUT2D eigenvalue weighted by Crippen LogP contribution is -2.48. The molecule has 0 saturated carbocycles. The number of nitrogens with zero attached hydrogens (tertiary/aromatic N) is 1. The first-order chi connectivity index (χ1) is 33.7. The first-order valence-electron chi connectivity index (χ1n) is 23.6. The number of amides is 1. The van der Waals surface area contributed by atoms with E-state index in [9.17, 15) is 14.4 Å². The number of fused-ring (bicyclic) bond motifs is 1. The van der Waals surface area contributed by atoms with Gasteiger partial charge < -0.3 is 47.6 Å². The maximum atomic E-state index is 13.4. The topological polar surface area (TPSA) is 128 Å². The average Bonchev–Trinajstić information content (AvgIpc) is 3.69. The third-order valence-corrected chi connectivity index (χ3v) is 11.8. The summed E-state index contributed by atoms with van der Waals surface area (Å²) in [5, 5.41) is 2.26.